The standard InChI is InChI=1S/C25H27N5O4S/c1-16-22(35-25(26-16)28-24(33)27-20-6-4-5-7-21(20)34-3)23(32)30-14-12-29(13-15-30)19-10-8-18(9-11-19)17(2)31/h4-11H,12-15H2,1-3H3,(H2,26,27,28,33). The number of amides is 3. The average molecular weight is 494 g/mol. The van der Waals surface area contributed by atoms with Crippen LogP contribution in [0.3, 0.4) is 0 Å². The van der Waals surface area contributed by atoms with Crippen LogP contribution in [0.2, 0.25) is 0 Å². The largest absolute Gasteiger partial charge is 0.495 e. The number of carbonyl (C=O) groups excluding carboxylic acids is 3. The van der Waals surface area contributed by atoms with Crippen molar-refractivity contribution in [2.24, 2.45) is 0 Å². The quantitative estimate of drug-likeness (QED) is 0.497. The number of nitrogens with zero attached hydrogens (tertiary/aromatic N) is 3. The zero-order valence-electron chi connectivity index (χ0n) is 19.8. The van der Waals surface area contributed by atoms with E-state index in [1.807, 2.05) is 30.3 Å². The minimum atomic E-state index is -0.466. The van der Waals surface area contributed by atoms with Crippen molar-refractivity contribution in [2.75, 3.05) is 48.8 Å². The Bertz CT molecular complexity index is 1230. The molecule has 0 saturated carbocycles. The van der Waals surface area contributed by atoms with Crippen LogP contribution in [0.25, 0.3) is 0 Å². The van der Waals surface area contributed by atoms with Gasteiger partial charge in [0.1, 0.15) is 10.6 Å². The van der Waals surface area contributed by atoms with Gasteiger partial charge in [0, 0.05) is 37.4 Å². The monoisotopic (exact) mass is 493 g/mol. The molecule has 1 aliphatic rings. The molecule has 9 nitrogen and oxygen atoms in total. The lowest BCUT2D eigenvalue weighted by molar-refractivity contribution is 0.0750. The fourth-order valence-corrected chi connectivity index (χ4v) is 4.79. The van der Waals surface area contributed by atoms with Crippen LogP contribution in [0.1, 0.15) is 32.6 Å². The Morgan fingerprint density at radius 2 is 1.66 bits per heavy atom. The van der Waals surface area contributed by atoms with Gasteiger partial charge in [-0.15, -0.1) is 0 Å². The number of urea groups is 1. The number of hydrogen-bond donors (Lipinski definition) is 2. The summed E-state index contributed by atoms with van der Waals surface area (Å²) in [5.74, 6) is 0.491. The molecular formula is C25H27N5O4S. The van der Waals surface area contributed by atoms with E-state index in [2.05, 4.69) is 20.5 Å². The summed E-state index contributed by atoms with van der Waals surface area (Å²) in [6.45, 7) is 5.84. The highest BCUT2D eigenvalue weighted by molar-refractivity contribution is 7.17. The Hall–Kier alpha value is -3.92. The molecule has 0 aliphatic carbocycles. The molecule has 3 amide bonds. The van der Waals surface area contributed by atoms with Crippen LogP contribution in [-0.4, -0.2) is 60.9 Å². The highest BCUT2D eigenvalue weighted by Gasteiger charge is 2.26. The lowest BCUT2D eigenvalue weighted by Crippen LogP contribution is -2.48. The van der Waals surface area contributed by atoms with Gasteiger partial charge in [0.05, 0.1) is 18.5 Å². The smallest absolute Gasteiger partial charge is 0.325 e. The van der Waals surface area contributed by atoms with Gasteiger partial charge in [-0.2, -0.15) is 0 Å². The number of aryl methyl sites for hydroxylation is 1. The second-order valence-electron chi connectivity index (χ2n) is 8.10. The van der Waals surface area contributed by atoms with Crippen molar-refractivity contribution in [1.29, 1.82) is 0 Å². The molecule has 182 valence electrons. The molecule has 1 aromatic heterocycles. The highest BCUT2D eigenvalue weighted by Crippen LogP contribution is 2.27. The number of nitrogens with one attached hydrogen (secondary N) is 2. The molecule has 0 bridgehead atoms. The van der Waals surface area contributed by atoms with Crippen LogP contribution in [0.5, 0.6) is 5.75 Å². The fraction of sp³-hybridized carbons (Fsp3) is 0.280. The molecule has 2 aromatic carbocycles. The van der Waals surface area contributed by atoms with Crippen molar-refractivity contribution >= 4 is 45.6 Å². The summed E-state index contributed by atoms with van der Waals surface area (Å²) in [5.41, 5.74) is 2.83. The number of ether oxygens (including phenoxy) is 1. The number of piperazine rings is 1. The molecule has 3 aromatic rings. The van der Waals surface area contributed by atoms with Gasteiger partial charge in [-0.3, -0.25) is 14.9 Å². The molecule has 1 fully saturated rings. The average Bonchev–Trinajstić information content (AvgIpc) is 3.23. The fourth-order valence-electron chi connectivity index (χ4n) is 3.87. The summed E-state index contributed by atoms with van der Waals surface area (Å²) in [4.78, 5) is 46.0. The zero-order chi connectivity index (χ0) is 24.9. The maximum atomic E-state index is 13.2. The first-order chi connectivity index (χ1) is 16.9. The summed E-state index contributed by atoms with van der Waals surface area (Å²) >= 11 is 1.16. The Labute approximate surface area is 207 Å². The minimum absolute atomic E-state index is 0.0398. The molecular weight excluding hydrogens is 466 g/mol. The van der Waals surface area contributed by atoms with Crippen LogP contribution < -0.4 is 20.3 Å². The first-order valence-electron chi connectivity index (χ1n) is 11.2. The van der Waals surface area contributed by atoms with Crippen LogP contribution in [-0.2, 0) is 0 Å². The van der Waals surface area contributed by atoms with Gasteiger partial charge in [-0.1, -0.05) is 23.5 Å². The van der Waals surface area contributed by atoms with E-state index in [0.29, 0.717) is 58.9 Å². The van der Waals surface area contributed by atoms with Crippen molar-refractivity contribution in [2.45, 2.75) is 13.8 Å². The summed E-state index contributed by atoms with van der Waals surface area (Å²) in [7, 11) is 1.53. The molecule has 0 atom stereocenters. The summed E-state index contributed by atoms with van der Waals surface area (Å²) < 4.78 is 5.25. The predicted octanol–water partition coefficient (Wildman–Crippen LogP) is 4.27. The maximum Gasteiger partial charge on any atom is 0.325 e. The minimum Gasteiger partial charge on any atom is -0.495 e. The number of rotatable bonds is 6. The van der Waals surface area contributed by atoms with Crippen molar-refractivity contribution in [3.05, 3.63) is 64.7 Å². The van der Waals surface area contributed by atoms with Crippen LogP contribution in [0, 0.1) is 6.92 Å². The number of ketones is 1. The summed E-state index contributed by atoms with van der Waals surface area (Å²) in [5, 5.41) is 5.78. The van der Waals surface area contributed by atoms with Crippen molar-refractivity contribution < 1.29 is 19.1 Å². The first-order valence-corrected chi connectivity index (χ1v) is 12.0. The van der Waals surface area contributed by atoms with Crippen LogP contribution in [0.4, 0.5) is 21.3 Å². The third kappa shape index (κ3) is 5.60. The lowest BCUT2D eigenvalue weighted by Gasteiger charge is -2.36. The second kappa shape index (κ2) is 10.6. The number of anilines is 3. The number of aromatic nitrogens is 1. The third-order valence-electron chi connectivity index (χ3n) is 5.77. The third-order valence-corrected chi connectivity index (χ3v) is 6.83. The number of para-hydroxylation sites is 2. The van der Waals surface area contributed by atoms with Gasteiger partial charge >= 0.3 is 6.03 Å². The number of hydrogen-bond acceptors (Lipinski definition) is 7. The molecule has 0 spiro atoms. The second-order valence-corrected chi connectivity index (χ2v) is 9.09. The molecule has 35 heavy (non-hydrogen) atoms. The number of Topliss-reactive ketones (excluding diaryl/α,β-unsaturated/α-hetero) is 1. The van der Waals surface area contributed by atoms with Crippen molar-refractivity contribution in [1.82, 2.24) is 9.88 Å². The Balaban J connectivity index is 1.35. The van der Waals surface area contributed by atoms with Gasteiger partial charge in [0.25, 0.3) is 5.91 Å². The topological polar surface area (TPSA) is 104 Å². The molecule has 10 heteroatoms. The van der Waals surface area contributed by atoms with Crippen LogP contribution >= 0.6 is 11.3 Å². The van der Waals surface area contributed by atoms with Gasteiger partial charge in [-0.25, -0.2) is 9.78 Å². The number of carbonyl (C=O) groups is 3. The normalized spacial score (nSPS) is 13.3. The molecule has 0 unspecified atom stereocenters. The van der Waals surface area contributed by atoms with Gasteiger partial charge < -0.3 is 19.9 Å². The van der Waals surface area contributed by atoms with E-state index in [4.69, 9.17) is 4.74 Å². The highest BCUT2D eigenvalue weighted by atomic mass is 32.1. The van der Waals surface area contributed by atoms with Gasteiger partial charge in [0.2, 0.25) is 0 Å². The van der Waals surface area contributed by atoms with E-state index in [1.54, 1.807) is 36.9 Å². The van der Waals surface area contributed by atoms with Gasteiger partial charge in [0.15, 0.2) is 10.9 Å². The zero-order valence-corrected chi connectivity index (χ0v) is 20.6. The Morgan fingerprint density at radius 1 is 0.971 bits per heavy atom. The number of benzene rings is 2. The summed E-state index contributed by atoms with van der Waals surface area (Å²) in [6.07, 6.45) is 0. The lowest BCUT2D eigenvalue weighted by atomic mass is 10.1. The Kier molecular flexibility index (Phi) is 7.31. The van der Waals surface area contributed by atoms with Crippen LogP contribution in [0.15, 0.2) is 48.5 Å². The van der Waals surface area contributed by atoms with E-state index >= 15 is 0 Å². The SMILES string of the molecule is COc1ccccc1NC(=O)Nc1nc(C)c(C(=O)N2CCN(c3ccc(C(C)=O)cc3)CC2)s1. The van der Waals surface area contributed by atoms with Crippen molar-refractivity contribution in [3.63, 3.8) is 0 Å². The number of methoxy groups -OCH3 is 1. The molecule has 4 rings (SSSR count). The van der Waals surface area contributed by atoms with E-state index in [0.717, 1.165) is 17.0 Å². The summed E-state index contributed by atoms with van der Waals surface area (Å²) in [6, 6.07) is 14.2. The number of thiazole rings is 1. The molecule has 1 aliphatic heterocycles. The van der Waals surface area contributed by atoms with E-state index < -0.39 is 6.03 Å². The molecule has 2 heterocycles. The predicted molar refractivity (Wildman–Crippen MR) is 137 cm³/mol. The Morgan fingerprint density at radius 3 is 2.31 bits per heavy atom. The van der Waals surface area contributed by atoms with Gasteiger partial charge in [-0.05, 0) is 50.2 Å². The molecule has 1 saturated heterocycles. The van der Waals surface area contributed by atoms with Crippen molar-refractivity contribution in [3.8, 4) is 5.75 Å². The molecule has 2 N–H and O–H groups in total. The van der Waals surface area contributed by atoms with E-state index in [1.165, 1.54) is 7.11 Å². The van der Waals surface area contributed by atoms with E-state index in [9.17, 15) is 14.4 Å². The maximum absolute atomic E-state index is 13.2. The molecule has 0 radical (unpaired) electrons. The first kappa shape index (κ1) is 24.2. The van der Waals surface area contributed by atoms with E-state index in [-0.39, 0.29) is 11.7 Å².